The summed E-state index contributed by atoms with van der Waals surface area (Å²) in [6.45, 7) is 2.18. The second kappa shape index (κ2) is 5.82. The average molecular weight is 302 g/mol. The molecule has 1 aromatic heterocycles. The summed E-state index contributed by atoms with van der Waals surface area (Å²) in [6, 6.07) is 9.62. The van der Waals surface area contributed by atoms with Crippen molar-refractivity contribution in [3.05, 3.63) is 46.6 Å². The molecule has 1 aliphatic carbocycles. The van der Waals surface area contributed by atoms with Crippen LogP contribution in [0.1, 0.15) is 24.6 Å². The Balaban J connectivity index is 2.05. The number of halogens is 1. The third kappa shape index (κ3) is 2.90. The van der Waals surface area contributed by atoms with E-state index in [4.69, 9.17) is 16.4 Å². The van der Waals surface area contributed by atoms with Crippen LogP contribution in [0.25, 0.3) is 11.3 Å². The van der Waals surface area contributed by atoms with Crippen molar-refractivity contribution < 1.29 is 4.84 Å². The van der Waals surface area contributed by atoms with Crippen LogP contribution in [-0.4, -0.2) is 23.0 Å². The van der Waals surface area contributed by atoms with Gasteiger partial charge in [-0.1, -0.05) is 35.8 Å². The molecule has 3 rings (SSSR count). The fourth-order valence-electron chi connectivity index (χ4n) is 2.62. The number of nitrogens with zero attached hydrogens (tertiary/aromatic N) is 3. The fraction of sp³-hybridized carbons (Fsp3) is 0.312. The number of fused-ring (bicyclic) bond motifs is 1. The summed E-state index contributed by atoms with van der Waals surface area (Å²) in [7, 11) is 1.57. The van der Waals surface area contributed by atoms with Crippen molar-refractivity contribution in [2.45, 2.75) is 19.8 Å². The molecule has 1 atom stereocenters. The first kappa shape index (κ1) is 14.0. The molecular formula is C16H16ClN3O. The first-order chi connectivity index (χ1) is 10.2. The van der Waals surface area contributed by atoms with Gasteiger partial charge >= 0.3 is 0 Å². The summed E-state index contributed by atoms with van der Waals surface area (Å²) >= 11 is 5.92. The van der Waals surface area contributed by atoms with Gasteiger partial charge < -0.3 is 4.84 Å². The lowest BCUT2D eigenvalue weighted by molar-refractivity contribution is 0.212. The normalized spacial score (nSPS) is 19.4. The van der Waals surface area contributed by atoms with E-state index in [9.17, 15) is 0 Å². The minimum Gasteiger partial charge on any atom is -0.399 e. The number of hydrogen-bond donors (Lipinski definition) is 0. The van der Waals surface area contributed by atoms with Gasteiger partial charge in [0, 0.05) is 16.1 Å². The summed E-state index contributed by atoms with van der Waals surface area (Å²) < 4.78 is 0. The summed E-state index contributed by atoms with van der Waals surface area (Å²) in [5.41, 5.74) is 4.78. The highest BCUT2D eigenvalue weighted by Crippen LogP contribution is 2.27. The zero-order valence-corrected chi connectivity index (χ0v) is 12.8. The van der Waals surface area contributed by atoms with Gasteiger partial charge in [0.15, 0.2) is 0 Å². The van der Waals surface area contributed by atoms with Gasteiger partial charge in [0.2, 0.25) is 0 Å². The van der Waals surface area contributed by atoms with Crippen molar-refractivity contribution in [1.82, 2.24) is 10.2 Å². The van der Waals surface area contributed by atoms with Crippen LogP contribution in [0.15, 0.2) is 35.5 Å². The number of benzene rings is 1. The molecule has 5 heteroatoms. The summed E-state index contributed by atoms with van der Waals surface area (Å²) in [6.07, 6.45) is 1.82. The zero-order valence-electron chi connectivity index (χ0n) is 12.0. The van der Waals surface area contributed by atoms with Gasteiger partial charge in [-0.3, -0.25) is 0 Å². The molecule has 0 saturated heterocycles. The Labute approximate surface area is 128 Å². The minimum absolute atomic E-state index is 0.502. The second-order valence-corrected chi connectivity index (χ2v) is 5.77. The number of hydrogen-bond acceptors (Lipinski definition) is 4. The van der Waals surface area contributed by atoms with Crippen LogP contribution in [0.5, 0.6) is 0 Å². The molecule has 0 spiro atoms. The standard InChI is InChI=1S/C16H16ClN3O/c1-10-7-15-13(16(8-10)20-21-2)9-14(18-19-15)11-3-5-12(17)6-4-11/h3-6,9-10H,7-8H2,1-2H3/b20-16+/t10-/m1/s1. The van der Waals surface area contributed by atoms with Gasteiger partial charge in [-0.2, -0.15) is 10.2 Å². The topological polar surface area (TPSA) is 47.4 Å². The molecule has 0 aliphatic heterocycles. The Kier molecular flexibility index (Phi) is 3.88. The van der Waals surface area contributed by atoms with Crippen LogP contribution in [0.4, 0.5) is 0 Å². The van der Waals surface area contributed by atoms with Crippen molar-refractivity contribution in [2.75, 3.05) is 7.11 Å². The maximum atomic E-state index is 5.92. The van der Waals surface area contributed by atoms with Crippen molar-refractivity contribution in [2.24, 2.45) is 11.1 Å². The van der Waals surface area contributed by atoms with Crippen molar-refractivity contribution >= 4 is 17.3 Å². The maximum absolute atomic E-state index is 5.92. The molecule has 0 radical (unpaired) electrons. The third-order valence-electron chi connectivity index (χ3n) is 3.61. The summed E-state index contributed by atoms with van der Waals surface area (Å²) in [4.78, 5) is 4.97. The van der Waals surface area contributed by atoms with E-state index in [1.165, 1.54) is 0 Å². The van der Waals surface area contributed by atoms with E-state index in [1.807, 2.05) is 30.3 Å². The second-order valence-electron chi connectivity index (χ2n) is 5.33. The number of oxime groups is 1. The van der Waals surface area contributed by atoms with Gasteiger partial charge in [-0.05, 0) is 37.0 Å². The molecular weight excluding hydrogens is 286 g/mol. The molecule has 0 unspecified atom stereocenters. The molecule has 21 heavy (non-hydrogen) atoms. The van der Waals surface area contributed by atoms with E-state index in [0.717, 1.165) is 41.1 Å². The third-order valence-corrected chi connectivity index (χ3v) is 3.86. The molecule has 0 N–H and O–H groups in total. The molecule has 0 fully saturated rings. The maximum Gasteiger partial charge on any atom is 0.106 e. The molecule has 108 valence electrons. The Morgan fingerprint density at radius 3 is 2.67 bits per heavy atom. The highest BCUT2D eigenvalue weighted by atomic mass is 35.5. The molecule has 1 heterocycles. The Morgan fingerprint density at radius 1 is 1.19 bits per heavy atom. The smallest absolute Gasteiger partial charge is 0.106 e. The van der Waals surface area contributed by atoms with Crippen LogP contribution in [0.2, 0.25) is 5.02 Å². The van der Waals surface area contributed by atoms with E-state index in [-0.39, 0.29) is 0 Å². The highest BCUT2D eigenvalue weighted by Gasteiger charge is 2.23. The molecule has 0 bridgehead atoms. The van der Waals surface area contributed by atoms with Crippen LogP contribution in [0, 0.1) is 5.92 Å². The molecule has 1 aliphatic rings. The van der Waals surface area contributed by atoms with Crippen LogP contribution >= 0.6 is 11.6 Å². The minimum atomic E-state index is 0.502. The Hall–Kier alpha value is -1.94. The van der Waals surface area contributed by atoms with Crippen molar-refractivity contribution in [3.8, 4) is 11.3 Å². The lowest BCUT2D eigenvalue weighted by atomic mass is 9.86. The van der Waals surface area contributed by atoms with Gasteiger partial charge in [-0.15, -0.1) is 0 Å². The first-order valence-electron chi connectivity index (χ1n) is 6.90. The van der Waals surface area contributed by atoms with Crippen molar-refractivity contribution in [1.29, 1.82) is 0 Å². The van der Waals surface area contributed by atoms with Gasteiger partial charge in [0.25, 0.3) is 0 Å². The average Bonchev–Trinajstić information content (AvgIpc) is 2.48. The predicted octanol–water partition coefficient (Wildman–Crippen LogP) is 3.73. The van der Waals surface area contributed by atoms with E-state index in [2.05, 4.69) is 22.3 Å². The monoisotopic (exact) mass is 301 g/mol. The highest BCUT2D eigenvalue weighted by molar-refractivity contribution is 6.30. The van der Waals surface area contributed by atoms with E-state index in [0.29, 0.717) is 10.9 Å². The van der Waals surface area contributed by atoms with E-state index in [1.54, 1.807) is 7.11 Å². The van der Waals surface area contributed by atoms with Gasteiger partial charge in [-0.25, -0.2) is 0 Å². The van der Waals surface area contributed by atoms with Crippen LogP contribution < -0.4 is 0 Å². The first-order valence-corrected chi connectivity index (χ1v) is 7.28. The molecule has 0 amide bonds. The SMILES string of the molecule is CO/N=C1\C[C@H](C)Cc2nnc(-c3ccc(Cl)cc3)cc21. The lowest BCUT2D eigenvalue weighted by Gasteiger charge is -2.21. The number of rotatable bonds is 2. The molecule has 1 aromatic carbocycles. The Bertz CT molecular complexity index is 682. The van der Waals surface area contributed by atoms with Crippen molar-refractivity contribution in [3.63, 3.8) is 0 Å². The summed E-state index contributed by atoms with van der Waals surface area (Å²) in [5.74, 6) is 0.502. The fourth-order valence-corrected chi connectivity index (χ4v) is 2.74. The zero-order chi connectivity index (χ0) is 14.8. The Morgan fingerprint density at radius 2 is 1.95 bits per heavy atom. The lowest BCUT2D eigenvalue weighted by Crippen LogP contribution is -2.21. The molecule has 0 saturated carbocycles. The van der Waals surface area contributed by atoms with Crippen LogP contribution in [0.3, 0.4) is 0 Å². The largest absolute Gasteiger partial charge is 0.399 e. The number of aromatic nitrogens is 2. The molecule has 2 aromatic rings. The quantitative estimate of drug-likeness (QED) is 0.794. The van der Waals surface area contributed by atoms with Gasteiger partial charge in [0.1, 0.15) is 7.11 Å². The van der Waals surface area contributed by atoms with E-state index < -0.39 is 0 Å². The van der Waals surface area contributed by atoms with Gasteiger partial charge in [0.05, 0.1) is 17.1 Å². The summed E-state index contributed by atoms with van der Waals surface area (Å²) in [5, 5.41) is 13.6. The predicted molar refractivity (Wildman–Crippen MR) is 83.5 cm³/mol. The van der Waals surface area contributed by atoms with Crippen LogP contribution in [-0.2, 0) is 11.3 Å². The van der Waals surface area contributed by atoms with E-state index >= 15 is 0 Å². The molecule has 4 nitrogen and oxygen atoms in total.